The highest BCUT2D eigenvalue weighted by Gasteiger charge is 2.09. The zero-order valence-corrected chi connectivity index (χ0v) is 12.7. The molecule has 3 rings (SSSR count). The molecule has 5 heteroatoms. The monoisotopic (exact) mass is 304 g/mol. The number of rotatable bonds is 2. The Bertz CT molecular complexity index is 927. The number of carbonyl (C=O) groups excluding carboxylic acids is 1. The van der Waals surface area contributed by atoms with Crippen molar-refractivity contribution in [2.24, 2.45) is 16.5 Å². The second-order valence-electron chi connectivity index (χ2n) is 5.27. The summed E-state index contributed by atoms with van der Waals surface area (Å²) in [6, 6.07) is 15.4. The van der Waals surface area contributed by atoms with Crippen LogP contribution in [0, 0.1) is 6.92 Å². The van der Waals surface area contributed by atoms with Crippen molar-refractivity contribution in [1.29, 1.82) is 0 Å². The van der Waals surface area contributed by atoms with Gasteiger partial charge < -0.3 is 11.5 Å². The fourth-order valence-electron chi connectivity index (χ4n) is 2.55. The molecule has 0 aliphatic heterocycles. The molecule has 1 amide bonds. The summed E-state index contributed by atoms with van der Waals surface area (Å²) in [6.07, 6.45) is 1.78. The van der Waals surface area contributed by atoms with Gasteiger partial charge in [0.15, 0.2) is 5.96 Å². The minimum Gasteiger partial charge on any atom is -0.370 e. The quantitative estimate of drug-likeness (QED) is 0.562. The number of hydrogen-bond donors (Lipinski definition) is 2. The lowest BCUT2D eigenvalue weighted by molar-refractivity contribution is 0.100. The van der Waals surface area contributed by atoms with Crippen molar-refractivity contribution in [3.63, 3.8) is 0 Å². The highest BCUT2D eigenvalue weighted by Crippen LogP contribution is 2.29. The summed E-state index contributed by atoms with van der Waals surface area (Å²) < 4.78 is 0. The van der Waals surface area contributed by atoms with E-state index in [1.165, 1.54) is 0 Å². The molecule has 0 fully saturated rings. The molecular weight excluding hydrogens is 288 g/mol. The van der Waals surface area contributed by atoms with E-state index in [-0.39, 0.29) is 5.96 Å². The third-order valence-electron chi connectivity index (χ3n) is 3.57. The van der Waals surface area contributed by atoms with Crippen LogP contribution < -0.4 is 11.5 Å². The van der Waals surface area contributed by atoms with Crippen LogP contribution in [0.4, 0.5) is 0 Å². The minimum absolute atomic E-state index is 0.242. The van der Waals surface area contributed by atoms with Crippen LogP contribution in [0.5, 0.6) is 0 Å². The number of nitrogens with two attached hydrogens (primary N) is 2. The van der Waals surface area contributed by atoms with Crippen molar-refractivity contribution in [3.8, 4) is 11.1 Å². The van der Waals surface area contributed by atoms with Crippen LogP contribution in [0.15, 0.2) is 59.7 Å². The van der Waals surface area contributed by atoms with Crippen LogP contribution in [0.2, 0.25) is 0 Å². The lowest BCUT2D eigenvalue weighted by atomic mass is 9.97. The Hall–Kier alpha value is -3.21. The molecule has 23 heavy (non-hydrogen) atoms. The third kappa shape index (κ3) is 3.03. The number of nitrogens with zero attached hydrogens (tertiary/aromatic N) is 2. The molecule has 0 bridgehead atoms. The molecule has 2 aromatic carbocycles. The molecule has 0 saturated carbocycles. The van der Waals surface area contributed by atoms with E-state index in [1.54, 1.807) is 12.3 Å². The van der Waals surface area contributed by atoms with Crippen LogP contribution in [0.3, 0.4) is 0 Å². The summed E-state index contributed by atoms with van der Waals surface area (Å²) in [5, 5.41) is 2.01. The Balaban J connectivity index is 2.19. The average molecular weight is 304 g/mol. The molecule has 5 nitrogen and oxygen atoms in total. The van der Waals surface area contributed by atoms with Crippen LogP contribution in [-0.2, 0) is 0 Å². The van der Waals surface area contributed by atoms with Crippen molar-refractivity contribution in [2.45, 2.75) is 6.92 Å². The van der Waals surface area contributed by atoms with E-state index in [0.717, 1.165) is 27.6 Å². The normalized spacial score (nSPS) is 10.5. The van der Waals surface area contributed by atoms with Gasteiger partial charge >= 0.3 is 0 Å². The Morgan fingerprint density at radius 3 is 2.65 bits per heavy atom. The zero-order chi connectivity index (χ0) is 16.4. The predicted molar refractivity (Wildman–Crippen MR) is 92.1 cm³/mol. The molecule has 3 aromatic rings. The maximum absolute atomic E-state index is 12.0. The average Bonchev–Trinajstić information content (AvgIpc) is 2.53. The zero-order valence-electron chi connectivity index (χ0n) is 12.7. The Kier molecular flexibility index (Phi) is 3.76. The van der Waals surface area contributed by atoms with Gasteiger partial charge in [-0.05, 0) is 53.1 Å². The standard InChI is InChI=1S/C18H16N4O/c1-11-9-13(7-8-21-11)15-4-2-3-12-5-6-14(10-16(12)15)17(23)22-18(19)20/h2-10H,1H3,(H4,19,20,22,23). The number of hydrogen-bond acceptors (Lipinski definition) is 2. The number of aliphatic imine (C=N–C) groups is 1. The first-order valence-corrected chi connectivity index (χ1v) is 7.14. The van der Waals surface area contributed by atoms with Crippen molar-refractivity contribution >= 4 is 22.6 Å². The Morgan fingerprint density at radius 1 is 1.09 bits per heavy atom. The largest absolute Gasteiger partial charge is 0.370 e. The molecule has 4 N–H and O–H groups in total. The van der Waals surface area contributed by atoms with Gasteiger partial charge in [-0.1, -0.05) is 24.3 Å². The van der Waals surface area contributed by atoms with Gasteiger partial charge in [-0.15, -0.1) is 0 Å². The summed E-state index contributed by atoms with van der Waals surface area (Å²) >= 11 is 0. The van der Waals surface area contributed by atoms with Gasteiger partial charge in [0.1, 0.15) is 0 Å². The predicted octanol–water partition coefficient (Wildman–Crippen LogP) is 2.62. The highest BCUT2D eigenvalue weighted by molar-refractivity contribution is 6.06. The first kappa shape index (κ1) is 14.7. The number of amides is 1. The number of benzene rings is 2. The van der Waals surface area contributed by atoms with E-state index in [1.807, 2.05) is 49.4 Å². The van der Waals surface area contributed by atoms with Crippen LogP contribution in [0.1, 0.15) is 16.1 Å². The number of pyridine rings is 1. The van der Waals surface area contributed by atoms with E-state index < -0.39 is 5.91 Å². The van der Waals surface area contributed by atoms with Crippen LogP contribution >= 0.6 is 0 Å². The van der Waals surface area contributed by atoms with Gasteiger partial charge in [0, 0.05) is 17.5 Å². The fraction of sp³-hybridized carbons (Fsp3) is 0.0556. The molecule has 0 unspecified atom stereocenters. The first-order valence-electron chi connectivity index (χ1n) is 7.14. The minimum atomic E-state index is -0.451. The van der Waals surface area contributed by atoms with Gasteiger partial charge in [0.05, 0.1) is 0 Å². The van der Waals surface area contributed by atoms with E-state index in [0.29, 0.717) is 5.56 Å². The van der Waals surface area contributed by atoms with Gasteiger partial charge in [-0.3, -0.25) is 9.78 Å². The van der Waals surface area contributed by atoms with E-state index in [9.17, 15) is 4.79 Å². The smallest absolute Gasteiger partial charge is 0.280 e. The molecule has 0 saturated heterocycles. The van der Waals surface area contributed by atoms with Crippen molar-refractivity contribution < 1.29 is 4.79 Å². The second kappa shape index (κ2) is 5.88. The van der Waals surface area contributed by atoms with Crippen molar-refractivity contribution in [2.75, 3.05) is 0 Å². The van der Waals surface area contributed by atoms with Gasteiger partial charge in [-0.25, -0.2) is 0 Å². The van der Waals surface area contributed by atoms with Gasteiger partial charge in [0.25, 0.3) is 5.91 Å². The van der Waals surface area contributed by atoms with E-state index in [2.05, 4.69) is 9.98 Å². The molecular formula is C18H16N4O. The molecule has 0 radical (unpaired) electrons. The SMILES string of the molecule is Cc1cc(-c2cccc3ccc(C(=O)N=C(N)N)cc23)ccn1. The van der Waals surface area contributed by atoms with Gasteiger partial charge in [0.2, 0.25) is 0 Å². The van der Waals surface area contributed by atoms with Crippen LogP contribution in [0.25, 0.3) is 21.9 Å². The number of aromatic nitrogens is 1. The first-order chi connectivity index (χ1) is 11.0. The second-order valence-corrected chi connectivity index (χ2v) is 5.27. The maximum Gasteiger partial charge on any atom is 0.280 e. The Morgan fingerprint density at radius 2 is 1.91 bits per heavy atom. The molecule has 0 spiro atoms. The molecule has 114 valence electrons. The molecule has 0 aliphatic carbocycles. The maximum atomic E-state index is 12.0. The Labute approximate surface area is 133 Å². The topological polar surface area (TPSA) is 94.4 Å². The third-order valence-corrected chi connectivity index (χ3v) is 3.57. The fourth-order valence-corrected chi connectivity index (χ4v) is 2.55. The van der Waals surface area contributed by atoms with Crippen LogP contribution in [-0.4, -0.2) is 16.9 Å². The number of fused-ring (bicyclic) bond motifs is 1. The summed E-state index contributed by atoms with van der Waals surface area (Å²) in [5.41, 5.74) is 14.0. The van der Waals surface area contributed by atoms with E-state index >= 15 is 0 Å². The molecule has 0 atom stereocenters. The van der Waals surface area contributed by atoms with E-state index in [4.69, 9.17) is 11.5 Å². The summed E-state index contributed by atoms with van der Waals surface area (Å²) in [5.74, 6) is -0.694. The number of aryl methyl sites for hydroxylation is 1. The lowest BCUT2D eigenvalue weighted by Gasteiger charge is -2.08. The summed E-state index contributed by atoms with van der Waals surface area (Å²) in [6.45, 7) is 1.95. The van der Waals surface area contributed by atoms with Crippen molar-refractivity contribution in [1.82, 2.24) is 4.98 Å². The highest BCUT2D eigenvalue weighted by atomic mass is 16.1. The molecule has 1 heterocycles. The lowest BCUT2D eigenvalue weighted by Crippen LogP contribution is -2.24. The summed E-state index contributed by atoms with van der Waals surface area (Å²) in [7, 11) is 0. The van der Waals surface area contributed by atoms with Gasteiger partial charge in [-0.2, -0.15) is 4.99 Å². The number of carbonyl (C=O) groups is 1. The molecule has 0 aliphatic rings. The van der Waals surface area contributed by atoms with Crippen molar-refractivity contribution in [3.05, 3.63) is 66.0 Å². The number of guanidine groups is 1. The molecule has 1 aromatic heterocycles. The summed E-state index contributed by atoms with van der Waals surface area (Å²) in [4.78, 5) is 19.9.